The molecule has 3 atom stereocenters. The largest absolute Gasteiger partial charge is 0.306 e. The molecule has 0 bridgehead atoms. The molecule has 38 heavy (non-hydrogen) atoms. The van der Waals surface area contributed by atoms with Gasteiger partial charge in [-0.25, -0.2) is 0 Å². The number of fused-ring (bicyclic) bond motifs is 2. The van der Waals surface area contributed by atoms with Crippen LogP contribution in [0.4, 0.5) is 5.69 Å². The van der Waals surface area contributed by atoms with Gasteiger partial charge in [0.1, 0.15) is 5.54 Å². The van der Waals surface area contributed by atoms with Gasteiger partial charge in [0.25, 0.3) is 5.91 Å². The highest BCUT2D eigenvalue weighted by atomic mass is 35.5. The van der Waals surface area contributed by atoms with Crippen LogP contribution in [0.5, 0.6) is 0 Å². The number of amides is 1. The Kier molecular flexibility index (Phi) is 6.35. The molecule has 1 saturated heterocycles. The first-order valence-corrected chi connectivity index (χ1v) is 13.4. The molecule has 4 aromatic carbocycles. The average Bonchev–Trinajstić information content (AvgIpc) is 3.37. The summed E-state index contributed by atoms with van der Waals surface area (Å²) in [5.74, 6) is -1.02. The second-order valence-corrected chi connectivity index (χ2v) is 10.9. The van der Waals surface area contributed by atoms with Gasteiger partial charge in [0.15, 0.2) is 5.78 Å². The third-order valence-corrected chi connectivity index (χ3v) is 8.42. The molecule has 1 spiro atoms. The monoisotopic (exact) mass is 540 g/mol. The topological polar surface area (TPSA) is 40.6 Å². The van der Waals surface area contributed by atoms with Crippen molar-refractivity contribution in [2.45, 2.75) is 18.0 Å². The van der Waals surface area contributed by atoms with Crippen LogP contribution in [-0.2, 0) is 16.9 Å². The van der Waals surface area contributed by atoms with Crippen LogP contribution in [0.2, 0.25) is 10.0 Å². The molecule has 4 nitrogen and oxygen atoms in total. The van der Waals surface area contributed by atoms with Gasteiger partial charge in [-0.15, -0.1) is 0 Å². The number of Topliss-reactive ketones (excluding diaryl/α,β-unsaturated/α-hetero) is 1. The Morgan fingerprint density at radius 2 is 1.55 bits per heavy atom. The number of rotatable bonds is 5. The Hall–Kier alpha value is -3.44. The molecule has 0 saturated carbocycles. The smallest absolute Gasteiger partial charge is 0.253 e. The number of likely N-dealkylation sites (N-methyl/N-ethyl adjacent to an activating group) is 1. The van der Waals surface area contributed by atoms with E-state index in [1.165, 1.54) is 0 Å². The van der Waals surface area contributed by atoms with Crippen molar-refractivity contribution in [3.63, 3.8) is 0 Å². The SMILES string of the molecule is CN1C[C@H](c2cccc(Cl)c2)[C@H](C(=O)c2ccccc2)[C@]12C(=O)N(Cc1cccc(Cl)c1)c1ccccc12. The van der Waals surface area contributed by atoms with Crippen molar-refractivity contribution in [1.29, 1.82) is 0 Å². The number of carbonyl (C=O) groups excluding carboxylic acids is 2. The number of benzene rings is 4. The van der Waals surface area contributed by atoms with Crippen molar-refractivity contribution in [2.75, 3.05) is 18.5 Å². The van der Waals surface area contributed by atoms with Crippen LogP contribution in [0, 0.1) is 5.92 Å². The standard InChI is InChI=1S/C32H26Cl2N2O2/c1-35-20-26(23-12-8-14-25(34)18-23)29(30(37)22-10-3-2-4-11-22)32(35)27-15-5-6-16-28(27)36(31(32)38)19-21-9-7-13-24(33)17-21/h2-18,26,29H,19-20H2,1H3/t26-,29-,32-/m1/s1. The van der Waals surface area contributed by atoms with E-state index in [-0.39, 0.29) is 17.6 Å². The second-order valence-electron chi connectivity index (χ2n) is 10.1. The molecular formula is C32H26Cl2N2O2. The molecule has 1 amide bonds. The van der Waals surface area contributed by atoms with E-state index in [4.69, 9.17) is 23.2 Å². The van der Waals surface area contributed by atoms with E-state index in [1.807, 2.05) is 115 Å². The lowest BCUT2D eigenvalue weighted by atomic mass is 9.70. The fraction of sp³-hybridized carbons (Fsp3) is 0.188. The number of carbonyl (C=O) groups is 2. The molecule has 6 heteroatoms. The van der Waals surface area contributed by atoms with Gasteiger partial charge in [-0.2, -0.15) is 0 Å². The Bertz CT molecular complexity index is 1540. The minimum absolute atomic E-state index is 0.0484. The van der Waals surface area contributed by atoms with Crippen LogP contribution in [-0.4, -0.2) is 30.2 Å². The predicted octanol–water partition coefficient (Wildman–Crippen LogP) is 6.96. The lowest BCUT2D eigenvalue weighted by molar-refractivity contribution is -0.129. The van der Waals surface area contributed by atoms with Gasteiger partial charge in [-0.1, -0.05) is 96.0 Å². The summed E-state index contributed by atoms with van der Waals surface area (Å²) in [6.45, 7) is 0.898. The fourth-order valence-corrected chi connectivity index (χ4v) is 6.78. The first-order chi connectivity index (χ1) is 18.4. The molecule has 0 radical (unpaired) electrons. The Morgan fingerprint density at radius 3 is 2.29 bits per heavy atom. The Balaban J connectivity index is 1.54. The number of hydrogen-bond acceptors (Lipinski definition) is 3. The van der Waals surface area contributed by atoms with Crippen LogP contribution in [0.25, 0.3) is 0 Å². The van der Waals surface area contributed by atoms with Crippen LogP contribution < -0.4 is 4.90 Å². The minimum atomic E-state index is -1.16. The fourth-order valence-electron chi connectivity index (χ4n) is 6.37. The number of halogens is 2. The van der Waals surface area contributed by atoms with Gasteiger partial charge in [0.05, 0.1) is 12.5 Å². The maximum atomic E-state index is 14.7. The van der Waals surface area contributed by atoms with Crippen molar-refractivity contribution in [3.05, 3.63) is 135 Å². The quantitative estimate of drug-likeness (QED) is 0.257. The number of ketones is 1. The molecule has 0 aliphatic carbocycles. The summed E-state index contributed by atoms with van der Waals surface area (Å²) < 4.78 is 0. The summed E-state index contributed by atoms with van der Waals surface area (Å²) in [5.41, 5.74) is 2.99. The minimum Gasteiger partial charge on any atom is -0.306 e. The van der Waals surface area contributed by atoms with Gasteiger partial charge < -0.3 is 4.90 Å². The van der Waals surface area contributed by atoms with Gasteiger partial charge in [-0.3, -0.25) is 14.5 Å². The molecule has 2 aliphatic heterocycles. The van der Waals surface area contributed by atoms with Crippen molar-refractivity contribution in [2.24, 2.45) is 5.92 Å². The van der Waals surface area contributed by atoms with Crippen LogP contribution in [0.3, 0.4) is 0 Å². The zero-order chi connectivity index (χ0) is 26.4. The maximum Gasteiger partial charge on any atom is 0.253 e. The lowest BCUT2D eigenvalue weighted by Gasteiger charge is -2.36. The molecule has 0 unspecified atom stereocenters. The normalized spacial score (nSPS) is 22.7. The van der Waals surface area contributed by atoms with Gasteiger partial charge in [0, 0.05) is 39.3 Å². The van der Waals surface area contributed by atoms with Crippen LogP contribution in [0.15, 0.2) is 103 Å². The maximum absolute atomic E-state index is 14.7. The summed E-state index contributed by atoms with van der Waals surface area (Å²) in [6.07, 6.45) is 0. The highest BCUT2D eigenvalue weighted by molar-refractivity contribution is 6.31. The first kappa shape index (κ1) is 24.9. The van der Waals surface area contributed by atoms with Crippen LogP contribution >= 0.6 is 23.2 Å². The number of likely N-dealkylation sites (tertiary alicyclic amines) is 1. The van der Waals surface area contributed by atoms with E-state index in [0.717, 1.165) is 22.4 Å². The predicted molar refractivity (Wildman–Crippen MR) is 152 cm³/mol. The van der Waals surface area contributed by atoms with E-state index in [9.17, 15) is 9.59 Å². The zero-order valence-corrected chi connectivity index (χ0v) is 22.4. The highest BCUT2D eigenvalue weighted by Gasteiger charge is 2.66. The summed E-state index contributed by atoms with van der Waals surface area (Å²) in [5, 5.41) is 1.23. The van der Waals surface area contributed by atoms with E-state index in [0.29, 0.717) is 28.7 Å². The average molecular weight is 541 g/mol. The first-order valence-electron chi connectivity index (χ1n) is 12.6. The third kappa shape index (κ3) is 3.87. The molecule has 0 N–H and O–H groups in total. The molecule has 2 aliphatic rings. The van der Waals surface area contributed by atoms with Gasteiger partial charge >= 0.3 is 0 Å². The van der Waals surface area contributed by atoms with Crippen molar-refractivity contribution in [3.8, 4) is 0 Å². The second kappa shape index (κ2) is 9.70. The van der Waals surface area contributed by atoms with E-state index in [2.05, 4.69) is 4.90 Å². The zero-order valence-electron chi connectivity index (χ0n) is 20.9. The van der Waals surface area contributed by atoms with E-state index < -0.39 is 11.5 Å². The van der Waals surface area contributed by atoms with E-state index >= 15 is 0 Å². The third-order valence-electron chi connectivity index (χ3n) is 7.95. The summed E-state index contributed by atoms with van der Waals surface area (Å²) >= 11 is 12.7. The van der Waals surface area contributed by atoms with Crippen LogP contribution in [0.1, 0.15) is 33.0 Å². The highest BCUT2D eigenvalue weighted by Crippen LogP contribution is 2.57. The number of para-hydroxylation sites is 1. The number of hydrogen-bond donors (Lipinski definition) is 0. The molecule has 1 fully saturated rings. The summed E-state index contributed by atoms with van der Waals surface area (Å²) in [6, 6.07) is 32.3. The number of nitrogens with zero attached hydrogens (tertiary/aromatic N) is 2. The molecule has 6 rings (SSSR count). The lowest BCUT2D eigenvalue weighted by Crippen LogP contribution is -2.53. The molecular weight excluding hydrogens is 515 g/mol. The molecule has 2 heterocycles. The molecule has 190 valence electrons. The van der Waals surface area contributed by atoms with Crippen molar-refractivity contribution < 1.29 is 9.59 Å². The van der Waals surface area contributed by atoms with Gasteiger partial charge in [0.2, 0.25) is 0 Å². The summed E-state index contributed by atoms with van der Waals surface area (Å²) in [4.78, 5) is 33.1. The van der Waals surface area contributed by atoms with Crippen molar-refractivity contribution >= 4 is 40.6 Å². The van der Waals surface area contributed by atoms with Crippen molar-refractivity contribution in [1.82, 2.24) is 4.90 Å². The molecule has 4 aromatic rings. The summed E-state index contributed by atoms with van der Waals surface area (Å²) in [7, 11) is 1.95. The molecule has 0 aromatic heterocycles. The Labute approximate surface area is 232 Å². The van der Waals surface area contributed by atoms with Gasteiger partial charge in [-0.05, 0) is 48.5 Å². The Morgan fingerprint density at radius 1 is 0.868 bits per heavy atom. The van der Waals surface area contributed by atoms with E-state index in [1.54, 1.807) is 0 Å². The number of anilines is 1.